The highest BCUT2D eigenvalue weighted by Crippen LogP contribution is 2.70. The number of allylic oxidation sites excluding steroid dienone is 4. The number of H-pyrrole nitrogens is 1. The van der Waals surface area contributed by atoms with Gasteiger partial charge >= 0.3 is 23.9 Å². The van der Waals surface area contributed by atoms with Gasteiger partial charge < -0.3 is 40.2 Å². The number of alkyl halides is 1. The van der Waals surface area contributed by atoms with Crippen LogP contribution in [0.15, 0.2) is 66.4 Å². The maximum Gasteiger partial charge on any atom is 0.328 e. The number of rotatable bonds is 12. The predicted molar refractivity (Wildman–Crippen MR) is 257 cm³/mol. The summed E-state index contributed by atoms with van der Waals surface area (Å²) in [5, 5.41) is 40.6. The van der Waals surface area contributed by atoms with E-state index in [-0.39, 0.29) is 78.6 Å². The zero-order chi connectivity index (χ0) is 50.7. The van der Waals surface area contributed by atoms with Crippen molar-refractivity contribution in [1.82, 2.24) is 15.2 Å². The summed E-state index contributed by atoms with van der Waals surface area (Å²) in [7, 11) is 2.10. The first-order valence-corrected chi connectivity index (χ1v) is 24.3. The van der Waals surface area contributed by atoms with Crippen molar-refractivity contribution in [2.45, 2.75) is 116 Å². The summed E-state index contributed by atoms with van der Waals surface area (Å²) in [5.74, 6) is -5.14. The van der Waals surface area contributed by atoms with Gasteiger partial charge in [-0.15, -0.1) is 11.6 Å². The maximum atomic E-state index is 13.9. The number of hydrogen-bond donors (Lipinski definition) is 6. The van der Waals surface area contributed by atoms with Crippen molar-refractivity contribution in [3.8, 4) is 0 Å². The van der Waals surface area contributed by atoms with Crippen LogP contribution in [0.3, 0.4) is 0 Å². The number of nitrogens with zero attached hydrogens (tertiary/aromatic N) is 1. The fourth-order valence-electron chi connectivity index (χ4n) is 12.4. The molecule has 1 aliphatic heterocycles. The first kappa shape index (κ1) is 52.9. The van der Waals surface area contributed by atoms with Crippen LogP contribution in [0.1, 0.15) is 91.2 Å². The van der Waals surface area contributed by atoms with Crippen LogP contribution in [0.2, 0.25) is 0 Å². The van der Waals surface area contributed by atoms with Gasteiger partial charge in [0.2, 0.25) is 11.7 Å². The number of aromatic nitrogens is 1. The maximum absolute atomic E-state index is 13.9. The largest absolute Gasteiger partial charge is 0.478 e. The number of Topliss-reactive ketones (excluding diaryl/α,β-unsaturated/α-hetero) is 1. The Morgan fingerprint density at radius 3 is 2.33 bits per heavy atom. The molecule has 3 saturated carbocycles. The molecule has 0 saturated heterocycles. The summed E-state index contributed by atoms with van der Waals surface area (Å²) >= 11 is 7.04. The van der Waals surface area contributed by atoms with E-state index in [1.165, 1.54) is 22.1 Å². The Morgan fingerprint density at radius 1 is 1.03 bits per heavy atom. The van der Waals surface area contributed by atoms with Crippen LogP contribution >= 0.6 is 11.6 Å². The minimum absolute atomic E-state index is 0.00532. The first-order chi connectivity index (χ1) is 32.6. The molecule has 0 unspecified atom stereocenters. The molecule has 6 N–H and O–H groups in total. The molecule has 374 valence electrons. The number of carbonyl (C=O) groups excluding carboxylic acids is 5. The van der Waals surface area contributed by atoms with Gasteiger partial charge in [-0.3, -0.25) is 28.9 Å². The molecule has 17 heteroatoms. The Balaban J connectivity index is 0.000000204. The molecule has 1 aromatic carbocycles. The van der Waals surface area contributed by atoms with E-state index in [0.29, 0.717) is 37.6 Å². The molecular formula is C52H66ClN3O13. The van der Waals surface area contributed by atoms with Gasteiger partial charge in [0.25, 0.3) is 0 Å². The zero-order valence-electron chi connectivity index (χ0n) is 40.3. The fourth-order valence-corrected chi connectivity index (χ4v) is 12.9. The van der Waals surface area contributed by atoms with Gasteiger partial charge in [0.15, 0.2) is 18.0 Å². The van der Waals surface area contributed by atoms with Crippen LogP contribution in [-0.4, -0.2) is 128 Å². The second-order valence-corrected chi connectivity index (χ2v) is 20.2. The number of ketones is 2. The molecule has 0 spiro atoms. The number of esters is 2. The lowest BCUT2D eigenvalue weighted by Gasteiger charge is -2.61. The van der Waals surface area contributed by atoms with Gasteiger partial charge in [0, 0.05) is 82.7 Å². The molecule has 16 nitrogen and oxygen atoms in total. The summed E-state index contributed by atoms with van der Waals surface area (Å²) in [6, 6.07) is 6.49. The number of fused-ring (bicyclic) bond motifs is 7. The average Bonchev–Trinajstić information content (AvgIpc) is 3.83. The van der Waals surface area contributed by atoms with E-state index in [9.17, 15) is 43.8 Å². The summed E-state index contributed by atoms with van der Waals surface area (Å²) < 4.78 is 11.3. The SMILES string of the molecule is CCC(=O)OCC(=O)[C@@]1(OC(=O)CC)[C@H](C)C[C@H]2[C@H]3[C@H]([C@@H](O)C[C@@]21C)[C@@]1(C)C=CC(=O)C=C1C[C@H]3Cl.CC[C@@H](CO)NC(=O)[C@@H]1C=C2c3cccc4[nH]cc(c34)C[C@H]2N(C)C1.O=C(O)/C=C\C(=O)O. The van der Waals surface area contributed by atoms with Crippen molar-refractivity contribution in [3.63, 3.8) is 0 Å². The van der Waals surface area contributed by atoms with Crippen LogP contribution in [0.4, 0.5) is 0 Å². The number of aliphatic carboxylic acids is 2. The third-order valence-electron chi connectivity index (χ3n) is 15.7. The fraction of sp³-hybridized carbons (Fsp3) is 0.558. The molecule has 3 fully saturated rings. The van der Waals surface area contributed by atoms with Gasteiger partial charge in [-0.2, -0.15) is 0 Å². The predicted octanol–water partition coefficient (Wildman–Crippen LogP) is 5.58. The molecule has 2 aromatic rings. The minimum atomic E-state index is -1.54. The van der Waals surface area contributed by atoms with Gasteiger partial charge in [-0.1, -0.05) is 71.4 Å². The van der Waals surface area contributed by atoms with E-state index >= 15 is 0 Å². The van der Waals surface area contributed by atoms with E-state index in [4.69, 9.17) is 31.3 Å². The van der Waals surface area contributed by atoms with E-state index in [1.54, 1.807) is 26.0 Å². The van der Waals surface area contributed by atoms with E-state index < -0.39 is 58.8 Å². The van der Waals surface area contributed by atoms with Crippen LogP contribution in [0.5, 0.6) is 0 Å². The number of aromatic amines is 1. The quantitative estimate of drug-likeness (QED) is 0.0864. The summed E-state index contributed by atoms with van der Waals surface area (Å²) in [6.07, 6.45) is 12.9. The average molecular weight is 977 g/mol. The Hall–Kier alpha value is -5.42. The highest BCUT2D eigenvalue weighted by molar-refractivity contribution is 6.21. The van der Waals surface area contributed by atoms with Crippen molar-refractivity contribution in [2.24, 2.45) is 40.4 Å². The lowest BCUT2D eigenvalue weighted by Crippen LogP contribution is -2.65. The van der Waals surface area contributed by atoms with Crippen molar-refractivity contribution in [3.05, 3.63) is 77.6 Å². The zero-order valence-corrected chi connectivity index (χ0v) is 41.1. The van der Waals surface area contributed by atoms with Gasteiger partial charge in [0.05, 0.1) is 24.7 Å². The Kier molecular flexibility index (Phi) is 16.3. The Bertz CT molecular complexity index is 2460. The van der Waals surface area contributed by atoms with Crippen LogP contribution in [0.25, 0.3) is 16.5 Å². The first-order valence-electron chi connectivity index (χ1n) is 23.8. The molecule has 1 amide bonds. The van der Waals surface area contributed by atoms with Crippen molar-refractivity contribution < 1.29 is 63.5 Å². The molecule has 2 heterocycles. The minimum Gasteiger partial charge on any atom is -0.478 e. The molecular weight excluding hydrogens is 910 g/mol. The van der Waals surface area contributed by atoms with Crippen LogP contribution in [-0.2, 0) is 49.5 Å². The second kappa shape index (κ2) is 21.3. The number of carboxylic acids is 2. The molecule has 0 bridgehead atoms. The summed E-state index contributed by atoms with van der Waals surface area (Å²) in [5.41, 5.74) is 2.95. The summed E-state index contributed by atoms with van der Waals surface area (Å²) in [6.45, 7) is 11.3. The smallest absolute Gasteiger partial charge is 0.328 e. The molecule has 1 aromatic heterocycles. The van der Waals surface area contributed by atoms with E-state index in [1.807, 2.05) is 33.8 Å². The number of halogens is 1. The molecule has 12 atom stereocenters. The van der Waals surface area contributed by atoms with Gasteiger partial charge in [-0.05, 0) is 85.9 Å². The normalized spacial score (nSPS) is 32.2. The highest BCUT2D eigenvalue weighted by Gasteiger charge is 2.74. The monoisotopic (exact) mass is 975 g/mol. The number of nitrogens with one attached hydrogen (secondary N) is 2. The molecule has 0 radical (unpaired) electrons. The Morgan fingerprint density at radius 2 is 1.71 bits per heavy atom. The number of aliphatic hydroxyl groups excluding tert-OH is 2. The number of ether oxygens (including phenoxy) is 2. The number of carbonyl (C=O) groups is 7. The molecule has 69 heavy (non-hydrogen) atoms. The number of hydrogen-bond acceptors (Lipinski definition) is 12. The van der Waals surface area contributed by atoms with Crippen molar-refractivity contribution in [1.29, 1.82) is 0 Å². The van der Waals surface area contributed by atoms with Crippen molar-refractivity contribution >= 4 is 69.4 Å². The van der Waals surface area contributed by atoms with Crippen LogP contribution in [0, 0.1) is 40.4 Å². The molecule has 6 aliphatic rings. The third kappa shape index (κ3) is 10.1. The van der Waals surface area contributed by atoms with Gasteiger partial charge in [0.1, 0.15) is 0 Å². The molecule has 5 aliphatic carbocycles. The Labute approximate surface area is 407 Å². The topological polar surface area (TPSA) is 250 Å². The number of benzene rings is 1. The van der Waals surface area contributed by atoms with Crippen molar-refractivity contribution in [2.75, 3.05) is 26.8 Å². The lowest BCUT2D eigenvalue weighted by atomic mass is 9.46. The standard InChI is InChI=1S/C28H37ClO7.C20H25N3O2.C4H4O4/c1-6-22(33)35-14-21(32)28(36-23(34)7-2)15(3)10-18-24-19(29)12-16-11-17(30)8-9-26(16,4)25(24)20(31)13-27(18,28)5;1-3-14(11-24)22-20(25)13-7-16-15-5-4-6-17-19(15)12(9-21-17)8-18(16)23(2)10-13;5-3(6)1-2-4(7)8/h8-9,11,15,18-20,24-25,31H,6-7,10,12-14H2,1-5H3;4-7,9,13-14,18,21,24H,3,8,10-11H2,1-2H3,(H,22,25);1-2H,(H,5,6)(H,7,8)/b;;2-1-/t15-,18+,19-,20+,24-,25+,26+,27+,28+;13-,14+,18-;/m11./s1. The van der Waals surface area contributed by atoms with E-state index in [2.05, 4.69) is 52.7 Å². The summed E-state index contributed by atoms with van der Waals surface area (Å²) in [4.78, 5) is 88.0. The molecule has 8 rings (SSSR count). The van der Waals surface area contributed by atoms with E-state index in [0.717, 1.165) is 23.9 Å². The van der Waals surface area contributed by atoms with Crippen LogP contribution < -0.4 is 5.32 Å². The lowest BCUT2D eigenvalue weighted by molar-refractivity contribution is -0.205. The van der Waals surface area contributed by atoms with Gasteiger partial charge in [-0.25, -0.2) is 9.59 Å². The number of likely N-dealkylation sites (N-methyl/N-ethyl adjacent to an activating group) is 1. The number of carboxylic acid groups (broad SMARTS) is 2. The number of aliphatic hydroxyl groups is 2. The highest BCUT2D eigenvalue weighted by atomic mass is 35.5. The second-order valence-electron chi connectivity index (χ2n) is 19.7. The number of amides is 1. The third-order valence-corrected chi connectivity index (χ3v) is 16.1.